The summed E-state index contributed by atoms with van der Waals surface area (Å²) in [6.45, 7) is 0. The molecule has 2 nitrogen and oxygen atoms in total. The van der Waals surface area contributed by atoms with Gasteiger partial charge in [-0.3, -0.25) is 0 Å². The molecule has 0 aliphatic carbocycles. The van der Waals surface area contributed by atoms with Crippen molar-refractivity contribution in [2.75, 3.05) is 12.8 Å². The zero-order valence-electron chi connectivity index (χ0n) is 7.00. The van der Waals surface area contributed by atoms with Crippen LogP contribution in [0.15, 0.2) is 22.0 Å². The summed E-state index contributed by atoms with van der Waals surface area (Å²) in [6, 6.07) is 3.96. The molecular weight excluding hydrogens is 250 g/mol. The van der Waals surface area contributed by atoms with E-state index in [1.54, 1.807) is 18.4 Å². The van der Waals surface area contributed by atoms with Gasteiger partial charge in [0, 0.05) is 14.6 Å². The minimum Gasteiger partial charge on any atom is -0.496 e. The van der Waals surface area contributed by atoms with Gasteiger partial charge < -0.3 is 10.5 Å². The van der Waals surface area contributed by atoms with Gasteiger partial charge in [0.1, 0.15) is 5.75 Å². The van der Waals surface area contributed by atoms with Crippen molar-refractivity contribution in [2.45, 2.75) is 0 Å². The van der Waals surface area contributed by atoms with Crippen molar-refractivity contribution in [3.8, 4) is 5.75 Å². The van der Waals surface area contributed by atoms with Gasteiger partial charge in [-0.2, -0.15) is 0 Å². The number of rotatable bonds is 1. The largest absolute Gasteiger partial charge is 0.496 e. The SMILES string of the molecule is COc1cc(Br)cc2scc(N)c12. The Morgan fingerprint density at radius 1 is 1.46 bits per heavy atom. The Balaban J connectivity index is 2.85. The lowest BCUT2D eigenvalue weighted by Gasteiger charge is -2.03. The van der Waals surface area contributed by atoms with Gasteiger partial charge in [0.15, 0.2) is 0 Å². The van der Waals surface area contributed by atoms with Crippen LogP contribution in [0.4, 0.5) is 5.69 Å². The third-order valence-corrected chi connectivity index (χ3v) is 3.26. The van der Waals surface area contributed by atoms with Crippen LogP contribution in [0.5, 0.6) is 5.75 Å². The lowest BCUT2D eigenvalue weighted by Crippen LogP contribution is -1.87. The Morgan fingerprint density at radius 2 is 2.23 bits per heavy atom. The lowest BCUT2D eigenvalue weighted by atomic mass is 10.2. The summed E-state index contributed by atoms with van der Waals surface area (Å²) in [5.74, 6) is 0.822. The summed E-state index contributed by atoms with van der Waals surface area (Å²) >= 11 is 5.04. The van der Waals surface area contributed by atoms with Crippen molar-refractivity contribution in [1.29, 1.82) is 0 Å². The average molecular weight is 258 g/mol. The summed E-state index contributed by atoms with van der Waals surface area (Å²) in [4.78, 5) is 0. The Hall–Kier alpha value is -0.740. The number of hydrogen-bond acceptors (Lipinski definition) is 3. The standard InChI is InChI=1S/C9H8BrNOS/c1-12-7-2-5(10)3-8-9(7)6(11)4-13-8/h2-4H,11H2,1H3. The minimum absolute atomic E-state index is 0.782. The maximum atomic E-state index is 5.82. The number of fused-ring (bicyclic) bond motifs is 1. The highest BCUT2D eigenvalue weighted by atomic mass is 79.9. The molecule has 0 bridgehead atoms. The van der Waals surface area contributed by atoms with E-state index in [9.17, 15) is 0 Å². The van der Waals surface area contributed by atoms with E-state index < -0.39 is 0 Å². The van der Waals surface area contributed by atoms with Crippen LogP contribution >= 0.6 is 27.3 Å². The maximum absolute atomic E-state index is 5.82. The minimum atomic E-state index is 0.782. The first-order valence-corrected chi connectivity index (χ1v) is 5.40. The molecule has 0 aliphatic rings. The fraction of sp³-hybridized carbons (Fsp3) is 0.111. The van der Waals surface area contributed by atoms with Crippen LogP contribution in [0.2, 0.25) is 0 Å². The fourth-order valence-electron chi connectivity index (χ4n) is 1.28. The second-order valence-corrected chi connectivity index (χ2v) is 4.50. The molecule has 13 heavy (non-hydrogen) atoms. The van der Waals surface area contributed by atoms with Gasteiger partial charge >= 0.3 is 0 Å². The third kappa shape index (κ3) is 1.40. The first kappa shape index (κ1) is 8.84. The Bertz CT molecular complexity index is 452. The zero-order chi connectivity index (χ0) is 9.42. The highest BCUT2D eigenvalue weighted by Crippen LogP contribution is 2.37. The molecule has 1 aromatic carbocycles. The normalized spacial score (nSPS) is 10.6. The summed E-state index contributed by atoms with van der Waals surface area (Å²) in [7, 11) is 1.65. The molecule has 0 spiro atoms. The van der Waals surface area contributed by atoms with Crippen LogP contribution in [0.3, 0.4) is 0 Å². The molecule has 0 saturated carbocycles. The average Bonchev–Trinajstić information content (AvgIpc) is 2.46. The second-order valence-electron chi connectivity index (χ2n) is 2.67. The van der Waals surface area contributed by atoms with Gasteiger partial charge in [-0.05, 0) is 12.1 Å². The Kier molecular flexibility index (Phi) is 2.17. The molecule has 1 aromatic heterocycles. The molecule has 2 N–H and O–H groups in total. The quantitative estimate of drug-likeness (QED) is 0.852. The molecule has 1 heterocycles. The number of ether oxygens (including phenoxy) is 1. The van der Waals surface area contributed by atoms with E-state index in [4.69, 9.17) is 10.5 Å². The number of hydrogen-bond donors (Lipinski definition) is 1. The van der Waals surface area contributed by atoms with E-state index in [0.29, 0.717) is 0 Å². The van der Waals surface area contributed by atoms with E-state index in [1.807, 2.05) is 17.5 Å². The molecule has 0 fully saturated rings. The number of nitrogens with two attached hydrogens (primary N) is 1. The molecule has 0 atom stereocenters. The predicted molar refractivity (Wildman–Crippen MR) is 60.5 cm³/mol. The fourth-order valence-corrected chi connectivity index (χ4v) is 2.77. The van der Waals surface area contributed by atoms with Crippen LogP contribution in [0.1, 0.15) is 0 Å². The van der Waals surface area contributed by atoms with Gasteiger partial charge in [-0.25, -0.2) is 0 Å². The molecule has 0 radical (unpaired) electrons. The maximum Gasteiger partial charge on any atom is 0.130 e. The second kappa shape index (κ2) is 3.20. The molecule has 0 unspecified atom stereocenters. The molecule has 2 rings (SSSR count). The molecular formula is C9H8BrNOS. The van der Waals surface area contributed by atoms with E-state index in [0.717, 1.165) is 26.0 Å². The van der Waals surface area contributed by atoms with Crippen molar-refractivity contribution in [3.63, 3.8) is 0 Å². The van der Waals surface area contributed by atoms with Gasteiger partial charge in [0.2, 0.25) is 0 Å². The number of halogens is 1. The van der Waals surface area contributed by atoms with Gasteiger partial charge in [-0.15, -0.1) is 11.3 Å². The first-order chi connectivity index (χ1) is 6.22. The number of anilines is 1. The van der Waals surface area contributed by atoms with Crippen molar-refractivity contribution < 1.29 is 4.74 Å². The topological polar surface area (TPSA) is 35.2 Å². The van der Waals surface area contributed by atoms with Crippen molar-refractivity contribution >= 4 is 43.0 Å². The lowest BCUT2D eigenvalue weighted by molar-refractivity contribution is 0.420. The van der Waals surface area contributed by atoms with Gasteiger partial charge in [0.25, 0.3) is 0 Å². The zero-order valence-corrected chi connectivity index (χ0v) is 9.41. The summed E-state index contributed by atoms with van der Waals surface area (Å²) in [6.07, 6.45) is 0. The highest BCUT2D eigenvalue weighted by Gasteiger charge is 2.08. The van der Waals surface area contributed by atoms with E-state index in [2.05, 4.69) is 15.9 Å². The van der Waals surface area contributed by atoms with Gasteiger partial charge in [-0.1, -0.05) is 15.9 Å². The highest BCUT2D eigenvalue weighted by molar-refractivity contribution is 9.10. The van der Waals surface area contributed by atoms with Crippen LogP contribution in [0.25, 0.3) is 10.1 Å². The smallest absolute Gasteiger partial charge is 0.130 e. The molecule has 0 amide bonds. The molecule has 2 aromatic rings. The monoisotopic (exact) mass is 257 g/mol. The first-order valence-electron chi connectivity index (χ1n) is 3.72. The van der Waals surface area contributed by atoms with Crippen LogP contribution in [-0.4, -0.2) is 7.11 Å². The van der Waals surface area contributed by atoms with Crippen LogP contribution in [0, 0.1) is 0 Å². The third-order valence-electron chi connectivity index (χ3n) is 1.85. The van der Waals surface area contributed by atoms with Crippen molar-refractivity contribution in [2.24, 2.45) is 0 Å². The molecule has 0 saturated heterocycles. The van der Waals surface area contributed by atoms with E-state index in [-0.39, 0.29) is 0 Å². The Morgan fingerprint density at radius 3 is 2.92 bits per heavy atom. The summed E-state index contributed by atoms with van der Waals surface area (Å²) in [5, 5.41) is 2.94. The molecule has 68 valence electrons. The van der Waals surface area contributed by atoms with Crippen molar-refractivity contribution in [3.05, 3.63) is 22.0 Å². The number of benzene rings is 1. The predicted octanol–water partition coefficient (Wildman–Crippen LogP) is 3.25. The van der Waals surface area contributed by atoms with E-state index >= 15 is 0 Å². The molecule has 4 heteroatoms. The molecule has 0 aliphatic heterocycles. The van der Waals surface area contributed by atoms with Gasteiger partial charge in [0.05, 0.1) is 18.2 Å². The number of nitrogen functional groups attached to an aromatic ring is 1. The Labute approximate surface area is 88.4 Å². The van der Waals surface area contributed by atoms with E-state index in [1.165, 1.54) is 0 Å². The number of thiophene rings is 1. The van der Waals surface area contributed by atoms with Crippen LogP contribution in [-0.2, 0) is 0 Å². The number of methoxy groups -OCH3 is 1. The summed E-state index contributed by atoms with van der Waals surface area (Å²) < 4.78 is 7.40. The summed E-state index contributed by atoms with van der Waals surface area (Å²) in [5.41, 5.74) is 6.60. The van der Waals surface area contributed by atoms with Crippen molar-refractivity contribution in [1.82, 2.24) is 0 Å². The van der Waals surface area contributed by atoms with Crippen LogP contribution < -0.4 is 10.5 Å².